The smallest absolute Gasteiger partial charge is 0.416 e. The zero-order valence-electron chi connectivity index (χ0n) is 17.1. The van der Waals surface area contributed by atoms with Crippen LogP contribution >= 0.6 is 0 Å². The van der Waals surface area contributed by atoms with E-state index in [-0.39, 0.29) is 48.0 Å². The first kappa shape index (κ1) is 21.4. The second kappa shape index (κ2) is 7.27. The summed E-state index contributed by atoms with van der Waals surface area (Å²) in [6, 6.07) is 2.43. The largest absolute Gasteiger partial charge is 0.491 e. The number of anilines is 1. The number of alkyl halides is 3. The van der Waals surface area contributed by atoms with Crippen molar-refractivity contribution in [2.24, 2.45) is 0 Å². The van der Waals surface area contributed by atoms with Gasteiger partial charge in [-0.2, -0.15) is 13.2 Å². The number of carbonyl (C=O) groups is 1. The lowest BCUT2D eigenvalue weighted by Gasteiger charge is -2.24. The molecule has 11 heteroatoms. The fraction of sp³-hybridized carbons (Fsp3) is 0.273. The molecule has 0 fully saturated rings. The molecule has 6 nitrogen and oxygen atoms in total. The molecule has 0 saturated carbocycles. The quantitative estimate of drug-likeness (QED) is 0.570. The van der Waals surface area contributed by atoms with Gasteiger partial charge < -0.3 is 20.1 Å². The molecule has 3 heterocycles. The second-order valence-electron chi connectivity index (χ2n) is 7.91. The number of amides is 1. The van der Waals surface area contributed by atoms with Crippen molar-refractivity contribution in [1.82, 2.24) is 9.88 Å². The zero-order valence-corrected chi connectivity index (χ0v) is 17.1. The summed E-state index contributed by atoms with van der Waals surface area (Å²) in [5, 5.41) is 0.499. The summed E-state index contributed by atoms with van der Waals surface area (Å²) in [6.07, 6.45) is -4.76. The van der Waals surface area contributed by atoms with Crippen molar-refractivity contribution in [2.45, 2.75) is 25.4 Å². The molecule has 2 aromatic carbocycles. The maximum Gasteiger partial charge on any atom is 0.416 e. The van der Waals surface area contributed by atoms with Crippen molar-refractivity contribution in [1.29, 1.82) is 0 Å². The maximum absolute atomic E-state index is 14.9. The number of pyridine rings is 1. The Kier molecular flexibility index (Phi) is 4.71. The summed E-state index contributed by atoms with van der Waals surface area (Å²) >= 11 is 0. The lowest BCUT2D eigenvalue weighted by atomic mass is 10.0. The Morgan fingerprint density at radius 2 is 1.85 bits per heavy atom. The van der Waals surface area contributed by atoms with Gasteiger partial charge in [-0.05, 0) is 23.8 Å². The van der Waals surface area contributed by atoms with Crippen LogP contribution in [0, 0.1) is 11.6 Å². The van der Waals surface area contributed by atoms with Gasteiger partial charge in [-0.3, -0.25) is 4.79 Å². The molecule has 0 spiro atoms. The van der Waals surface area contributed by atoms with Gasteiger partial charge >= 0.3 is 6.18 Å². The number of likely N-dealkylation sites (N-methyl/N-ethyl adjacent to an activating group) is 1. The van der Waals surface area contributed by atoms with E-state index in [1.165, 1.54) is 13.1 Å². The van der Waals surface area contributed by atoms with Gasteiger partial charge in [0.1, 0.15) is 29.8 Å². The first-order chi connectivity index (χ1) is 15.6. The van der Waals surface area contributed by atoms with Gasteiger partial charge in [-0.15, -0.1) is 0 Å². The molecule has 2 N–H and O–H groups in total. The summed E-state index contributed by atoms with van der Waals surface area (Å²) in [4.78, 5) is 18.4. The van der Waals surface area contributed by atoms with Crippen LogP contribution in [0.25, 0.3) is 10.9 Å². The minimum atomic E-state index is -4.76. The van der Waals surface area contributed by atoms with Gasteiger partial charge in [0.25, 0.3) is 5.91 Å². The minimum Gasteiger partial charge on any atom is -0.491 e. The van der Waals surface area contributed by atoms with Crippen molar-refractivity contribution in [3.63, 3.8) is 0 Å². The maximum atomic E-state index is 14.9. The van der Waals surface area contributed by atoms with Crippen LogP contribution in [0.2, 0.25) is 0 Å². The number of nitrogen functional groups attached to an aromatic ring is 1. The molecule has 0 unspecified atom stereocenters. The van der Waals surface area contributed by atoms with Crippen LogP contribution < -0.4 is 10.5 Å². The number of halogens is 5. The highest BCUT2D eigenvalue weighted by Gasteiger charge is 2.39. The number of fused-ring (bicyclic) bond motifs is 4. The highest BCUT2D eigenvalue weighted by atomic mass is 19.4. The predicted molar refractivity (Wildman–Crippen MR) is 106 cm³/mol. The summed E-state index contributed by atoms with van der Waals surface area (Å²) in [5.41, 5.74) is 5.85. The third kappa shape index (κ3) is 3.34. The number of carbonyl (C=O) groups excluding carboxylic acids is 1. The molecule has 1 amide bonds. The Morgan fingerprint density at radius 3 is 2.58 bits per heavy atom. The van der Waals surface area contributed by atoms with Gasteiger partial charge in [0.2, 0.25) is 0 Å². The molecule has 5 rings (SSSR count). The molecular weight excluding hydrogens is 449 g/mol. The van der Waals surface area contributed by atoms with Gasteiger partial charge in [0.05, 0.1) is 41.5 Å². The molecule has 2 aliphatic heterocycles. The van der Waals surface area contributed by atoms with Crippen molar-refractivity contribution in [2.75, 3.05) is 19.4 Å². The van der Waals surface area contributed by atoms with Gasteiger partial charge in [-0.25, -0.2) is 13.8 Å². The Labute approximate surface area is 183 Å². The molecule has 3 aromatic rings. The third-order valence-electron chi connectivity index (χ3n) is 5.98. The molecule has 172 valence electrons. The topological polar surface area (TPSA) is 77.7 Å². The number of benzene rings is 2. The number of hydrogen-bond donors (Lipinski definition) is 1. The highest BCUT2D eigenvalue weighted by molar-refractivity contribution is 5.99. The average molecular weight is 465 g/mol. The number of ether oxygens (including phenoxy) is 2. The lowest BCUT2D eigenvalue weighted by molar-refractivity contribution is -0.137. The van der Waals surface area contributed by atoms with Crippen LogP contribution in [0.3, 0.4) is 0 Å². The van der Waals surface area contributed by atoms with E-state index in [9.17, 15) is 26.7 Å². The van der Waals surface area contributed by atoms with E-state index < -0.39 is 35.3 Å². The SMILES string of the molecule is CN(C(=O)c1cc2c3c(c(N)nc2cc1F)COC3)[C@@H]1COc2cc(C(F)(F)F)cc(F)c21. The van der Waals surface area contributed by atoms with Crippen LogP contribution in [0.4, 0.5) is 27.8 Å². The number of rotatable bonds is 2. The Balaban J connectivity index is 1.53. The van der Waals surface area contributed by atoms with Crippen molar-refractivity contribution < 1.29 is 36.2 Å². The number of aromatic nitrogens is 1. The Morgan fingerprint density at radius 1 is 1.12 bits per heavy atom. The second-order valence-corrected chi connectivity index (χ2v) is 7.91. The molecule has 0 saturated heterocycles. The Hall–Kier alpha value is -3.47. The van der Waals surface area contributed by atoms with Gasteiger partial charge in [0, 0.05) is 24.1 Å². The van der Waals surface area contributed by atoms with Crippen molar-refractivity contribution in [3.05, 3.63) is 63.7 Å². The molecule has 1 aromatic heterocycles. The monoisotopic (exact) mass is 465 g/mol. The lowest BCUT2D eigenvalue weighted by Crippen LogP contribution is -2.33. The first-order valence-corrected chi connectivity index (χ1v) is 9.85. The summed E-state index contributed by atoms with van der Waals surface area (Å²) in [5.74, 6) is -2.90. The van der Waals surface area contributed by atoms with E-state index in [0.29, 0.717) is 28.6 Å². The number of nitrogens with two attached hydrogens (primary N) is 1. The van der Waals surface area contributed by atoms with E-state index in [1.807, 2.05) is 0 Å². The number of hydrogen-bond acceptors (Lipinski definition) is 5. The summed E-state index contributed by atoms with van der Waals surface area (Å²) in [7, 11) is 1.31. The van der Waals surface area contributed by atoms with E-state index in [4.69, 9.17) is 15.2 Å². The average Bonchev–Trinajstić information content (AvgIpc) is 3.40. The molecule has 1 atom stereocenters. The Bertz CT molecular complexity index is 1330. The van der Waals surface area contributed by atoms with E-state index in [1.54, 1.807) is 0 Å². The highest BCUT2D eigenvalue weighted by Crippen LogP contribution is 2.42. The molecule has 0 bridgehead atoms. The molecule has 33 heavy (non-hydrogen) atoms. The van der Waals surface area contributed by atoms with Crippen LogP contribution in [0.5, 0.6) is 5.75 Å². The van der Waals surface area contributed by atoms with Crippen LogP contribution in [-0.2, 0) is 24.1 Å². The van der Waals surface area contributed by atoms with E-state index in [0.717, 1.165) is 11.0 Å². The van der Waals surface area contributed by atoms with Crippen LogP contribution in [-0.4, -0.2) is 29.4 Å². The summed E-state index contributed by atoms with van der Waals surface area (Å²) in [6.45, 7) is 0.205. The summed E-state index contributed by atoms with van der Waals surface area (Å²) < 4.78 is 79.1. The van der Waals surface area contributed by atoms with Gasteiger partial charge in [0.15, 0.2) is 0 Å². The zero-order chi connectivity index (χ0) is 23.7. The fourth-order valence-electron chi connectivity index (χ4n) is 4.24. The first-order valence-electron chi connectivity index (χ1n) is 9.85. The third-order valence-corrected chi connectivity index (χ3v) is 5.98. The minimum absolute atomic E-state index is 0.191. The standard InChI is InChI=1S/C22H16F5N3O3/c1-30(17-8-33-18-3-9(22(25,26)27)2-15(24)19(17)18)21(31)11-4-10-12-6-32-7-13(12)20(28)29-16(10)5-14(11)23/h2-5,17H,6-8H2,1H3,(H2,28,29)/t17-/m1/s1. The molecular formula is C22H16F5N3O3. The number of nitrogens with zero attached hydrogens (tertiary/aromatic N) is 2. The fourth-order valence-corrected chi connectivity index (χ4v) is 4.24. The van der Waals surface area contributed by atoms with Crippen LogP contribution in [0.1, 0.15) is 38.7 Å². The molecule has 0 radical (unpaired) electrons. The predicted octanol–water partition coefficient (Wildman–Crippen LogP) is 4.35. The van der Waals surface area contributed by atoms with E-state index in [2.05, 4.69) is 4.98 Å². The van der Waals surface area contributed by atoms with Crippen LogP contribution in [0.15, 0.2) is 24.3 Å². The van der Waals surface area contributed by atoms with Gasteiger partial charge in [-0.1, -0.05) is 0 Å². The molecule has 2 aliphatic rings. The molecule has 0 aliphatic carbocycles. The van der Waals surface area contributed by atoms with Crippen molar-refractivity contribution in [3.8, 4) is 5.75 Å². The normalized spacial score (nSPS) is 17.1. The van der Waals surface area contributed by atoms with E-state index >= 15 is 0 Å². The van der Waals surface area contributed by atoms with Crippen molar-refractivity contribution >= 4 is 22.6 Å².